The van der Waals surface area contributed by atoms with Crippen LogP contribution in [-0.2, 0) is 6.54 Å². The lowest BCUT2D eigenvalue weighted by Crippen LogP contribution is -2.25. The minimum atomic E-state index is -0.413. The molecule has 1 aromatic carbocycles. The molecule has 0 spiro atoms. The predicted octanol–water partition coefficient (Wildman–Crippen LogP) is 0.841. The SMILES string of the molecule is O=C(NCc1nc2ccccc2o1)c1ccc(=O)[nH]n1. The fraction of sp³-hybridized carbons (Fsp3) is 0.0769. The zero-order chi connectivity index (χ0) is 13.9. The zero-order valence-corrected chi connectivity index (χ0v) is 10.3. The number of para-hydroxylation sites is 2. The first kappa shape index (κ1) is 12.1. The first-order valence-electron chi connectivity index (χ1n) is 5.91. The maximum atomic E-state index is 11.8. The first-order valence-corrected chi connectivity index (χ1v) is 5.91. The van der Waals surface area contributed by atoms with E-state index >= 15 is 0 Å². The molecule has 0 saturated heterocycles. The zero-order valence-electron chi connectivity index (χ0n) is 10.3. The first-order chi connectivity index (χ1) is 9.72. The lowest BCUT2D eigenvalue weighted by atomic mass is 10.3. The van der Waals surface area contributed by atoms with E-state index in [2.05, 4.69) is 20.5 Å². The van der Waals surface area contributed by atoms with Crippen molar-refractivity contribution in [3.8, 4) is 0 Å². The lowest BCUT2D eigenvalue weighted by molar-refractivity contribution is 0.0941. The fourth-order valence-electron chi connectivity index (χ4n) is 1.71. The van der Waals surface area contributed by atoms with Gasteiger partial charge in [0.25, 0.3) is 11.5 Å². The number of hydrogen-bond donors (Lipinski definition) is 2. The van der Waals surface area contributed by atoms with Crippen molar-refractivity contribution in [1.29, 1.82) is 0 Å². The smallest absolute Gasteiger partial charge is 0.272 e. The Morgan fingerprint density at radius 1 is 1.25 bits per heavy atom. The number of aromatic nitrogens is 3. The van der Waals surface area contributed by atoms with Crippen LogP contribution in [-0.4, -0.2) is 21.1 Å². The van der Waals surface area contributed by atoms with Crippen LogP contribution in [0.25, 0.3) is 11.1 Å². The molecular formula is C13H10N4O3. The highest BCUT2D eigenvalue weighted by Gasteiger charge is 2.10. The average Bonchev–Trinajstić information content (AvgIpc) is 2.88. The number of aromatic amines is 1. The number of nitrogens with one attached hydrogen (secondary N) is 2. The summed E-state index contributed by atoms with van der Waals surface area (Å²) < 4.78 is 5.47. The number of carbonyl (C=O) groups excluding carboxylic acids is 1. The number of carbonyl (C=O) groups is 1. The summed E-state index contributed by atoms with van der Waals surface area (Å²) in [6.45, 7) is 0.147. The van der Waals surface area contributed by atoms with Gasteiger partial charge in [-0.2, -0.15) is 5.10 Å². The van der Waals surface area contributed by atoms with Crippen LogP contribution < -0.4 is 10.9 Å². The third-order valence-electron chi connectivity index (χ3n) is 2.65. The van der Waals surface area contributed by atoms with Crippen LogP contribution in [0.2, 0.25) is 0 Å². The van der Waals surface area contributed by atoms with Gasteiger partial charge >= 0.3 is 0 Å². The Hall–Kier alpha value is -2.96. The minimum Gasteiger partial charge on any atom is -0.439 e. The molecule has 0 unspecified atom stereocenters. The molecule has 2 N–H and O–H groups in total. The Balaban J connectivity index is 1.71. The second kappa shape index (κ2) is 4.96. The van der Waals surface area contributed by atoms with E-state index in [1.165, 1.54) is 12.1 Å². The molecule has 2 aromatic heterocycles. The van der Waals surface area contributed by atoms with E-state index in [0.717, 1.165) is 5.52 Å². The topological polar surface area (TPSA) is 101 Å². The van der Waals surface area contributed by atoms with Crippen molar-refractivity contribution < 1.29 is 9.21 Å². The molecule has 0 aliphatic carbocycles. The van der Waals surface area contributed by atoms with Crippen LogP contribution in [0.5, 0.6) is 0 Å². The quantitative estimate of drug-likeness (QED) is 0.734. The molecule has 0 bridgehead atoms. The number of amides is 1. The summed E-state index contributed by atoms with van der Waals surface area (Å²) in [7, 11) is 0. The van der Waals surface area contributed by atoms with E-state index in [9.17, 15) is 9.59 Å². The van der Waals surface area contributed by atoms with Gasteiger partial charge in [-0.05, 0) is 18.2 Å². The van der Waals surface area contributed by atoms with E-state index in [4.69, 9.17) is 4.42 Å². The maximum absolute atomic E-state index is 11.8. The van der Waals surface area contributed by atoms with Gasteiger partial charge < -0.3 is 9.73 Å². The largest absolute Gasteiger partial charge is 0.439 e. The molecule has 7 heteroatoms. The molecule has 0 atom stereocenters. The summed E-state index contributed by atoms with van der Waals surface area (Å²) in [5.74, 6) is -0.00696. The van der Waals surface area contributed by atoms with Crippen LogP contribution in [0.15, 0.2) is 45.6 Å². The average molecular weight is 270 g/mol. The summed E-state index contributed by atoms with van der Waals surface area (Å²) in [4.78, 5) is 26.9. The van der Waals surface area contributed by atoms with E-state index in [1.54, 1.807) is 6.07 Å². The Morgan fingerprint density at radius 2 is 2.10 bits per heavy atom. The van der Waals surface area contributed by atoms with Gasteiger partial charge in [0.15, 0.2) is 5.58 Å². The van der Waals surface area contributed by atoms with Crippen molar-refractivity contribution >= 4 is 17.0 Å². The molecule has 1 amide bonds. The van der Waals surface area contributed by atoms with Crippen molar-refractivity contribution in [3.63, 3.8) is 0 Å². The highest BCUT2D eigenvalue weighted by Crippen LogP contribution is 2.14. The van der Waals surface area contributed by atoms with Crippen molar-refractivity contribution in [3.05, 3.63) is 58.3 Å². The van der Waals surface area contributed by atoms with Gasteiger partial charge in [-0.15, -0.1) is 0 Å². The summed E-state index contributed by atoms with van der Waals surface area (Å²) in [6, 6.07) is 9.92. The number of rotatable bonds is 3. The lowest BCUT2D eigenvalue weighted by Gasteiger charge is -2.00. The molecular weight excluding hydrogens is 260 g/mol. The third kappa shape index (κ3) is 2.41. The summed E-state index contributed by atoms with van der Waals surface area (Å²) in [5, 5.41) is 8.44. The Morgan fingerprint density at radius 3 is 2.85 bits per heavy atom. The van der Waals surface area contributed by atoms with Gasteiger partial charge in [-0.25, -0.2) is 10.1 Å². The Labute approximate surface area is 112 Å². The molecule has 0 aliphatic heterocycles. The molecule has 3 rings (SSSR count). The highest BCUT2D eigenvalue weighted by molar-refractivity contribution is 5.91. The Kier molecular flexibility index (Phi) is 3.00. The number of benzene rings is 1. The van der Waals surface area contributed by atoms with Gasteiger partial charge in [0, 0.05) is 6.07 Å². The standard InChI is InChI=1S/C13H10N4O3/c18-11-6-5-9(16-17-11)13(19)14-7-12-15-8-3-1-2-4-10(8)20-12/h1-6H,7H2,(H,14,19)(H,17,18). The summed E-state index contributed by atoms with van der Waals surface area (Å²) in [6.07, 6.45) is 0. The number of oxazole rings is 1. The van der Waals surface area contributed by atoms with Gasteiger partial charge in [0.05, 0.1) is 6.54 Å². The van der Waals surface area contributed by atoms with Crippen molar-refractivity contribution in [2.75, 3.05) is 0 Å². The molecule has 0 fully saturated rings. The molecule has 2 heterocycles. The van der Waals surface area contributed by atoms with Crippen LogP contribution >= 0.6 is 0 Å². The normalized spacial score (nSPS) is 10.6. The minimum absolute atomic E-state index is 0.126. The van der Waals surface area contributed by atoms with E-state index in [0.29, 0.717) is 11.5 Å². The van der Waals surface area contributed by atoms with Crippen LogP contribution in [0.4, 0.5) is 0 Å². The van der Waals surface area contributed by atoms with E-state index in [-0.39, 0.29) is 17.8 Å². The Bertz CT molecular complexity index is 768. The number of hydrogen-bond acceptors (Lipinski definition) is 5. The van der Waals surface area contributed by atoms with Crippen LogP contribution in [0.3, 0.4) is 0 Å². The fourth-order valence-corrected chi connectivity index (χ4v) is 1.71. The number of H-pyrrole nitrogens is 1. The maximum Gasteiger partial charge on any atom is 0.272 e. The third-order valence-corrected chi connectivity index (χ3v) is 2.65. The van der Waals surface area contributed by atoms with E-state index in [1.807, 2.05) is 18.2 Å². The molecule has 7 nitrogen and oxygen atoms in total. The summed E-state index contributed by atoms with van der Waals surface area (Å²) >= 11 is 0. The summed E-state index contributed by atoms with van der Waals surface area (Å²) in [5.41, 5.74) is 1.17. The molecule has 0 aliphatic rings. The monoisotopic (exact) mass is 270 g/mol. The van der Waals surface area contributed by atoms with Gasteiger partial charge in [0.1, 0.15) is 11.2 Å². The van der Waals surface area contributed by atoms with Crippen LogP contribution in [0, 0.1) is 0 Å². The van der Waals surface area contributed by atoms with Crippen molar-refractivity contribution in [2.45, 2.75) is 6.54 Å². The van der Waals surface area contributed by atoms with Gasteiger partial charge in [-0.3, -0.25) is 9.59 Å². The van der Waals surface area contributed by atoms with Crippen molar-refractivity contribution in [1.82, 2.24) is 20.5 Å². The number of nitrogens with zero attached hydrogens (tertiary/aromatic N) is 2. The number of fused-ring (bicyclic) bond motifs is 1. The van der Waals surface area contributed by atoms with Gasteiger partial charge in [0.2, 0.25) is 5.89 Å². The van der Waals surface area contributed by atoms with E-state index < -0.39 is 5.91 Å². The van der Waals surface area contributed by atoms with Crippen molar-refractivity contribution in [2.24, 2.45) is 0 Å². The predicted molar refractivity (Wildman–Crippen MR) is 70.0 cm³/mol. The second-order valence-electron chi connectivity index (χ2n) is 4.06. The second-order valence-corrected chi connectivity index (χ2v) is 4.06. The molecule has 3 aromatic rings. The van der Waals surface area contributed by atoms with Crippen LogP contribution in [0.1, 0.15) is 16.4 Å². The molecule has 0 radical (unpaired) electrons. The van der Waals surface area contributed by atoms with Gasteiger partial charge in [-0.1, -0.05) is 12.1 Å². The molecule has 100 valence electrons. The highest BCUT2D eigenvalue weighted by atomic mass is 16.3. The molecule has 0 saturated carbocycles. The molecule has 20 heavy (non-hydrogen) atoms.